The van der Waals surface area contributed by atoms with E-state index in [1.165, 1.54) is 6.26 Å². The number of anilines is 1. The predicted octanol–water partition coefficient (Wildman–Crippen LogP) is 1.31. The Morgan fingerprint density at radius 3 is 2.67 bits per heavy atom. The van der Waals surface area contributed by atoms with Gasteiger partial charge in [0.2, 0.25) is 10.0 Å². The van der Waals surface area contributed by atoms with E-state index in [-0.39, 0.29) is 0 Å². The van der Waals surface area contributed by atoms with Crippen LogP contribution in [0, 0.1) is 0 Å². The van der Waals surface area contributed by atoms with Crippen LogP contribution in [0.1, 0.15) is 22.3 Å². The Balaban J connectivity index is 2.07. The molecule has 21 heavy (non-hydrogen) atoms. The van der Waals surface area contributed by atoms with Crippen molar-refractivity contribution in [3.63, 3.8) is 0 Å². The van der Waals surface area contributed by atoms with Crippen LogP contribution >= 0.6 is 0 Å². The van der Waals surface area contributed by atoms with Crippen molar-refractivity contribution in [3.8, 4) is 0 Å². The number of furan rings is 1. The number of carbonyl (C=O) groups excluding carboxylic acids is 1. The van der Waals surface area contributed by atoms with Crippen molar-refractivity contribution < 1.29 is 17.6 Å². The number of hydrogen-bond donors (Lipinski definition) is 2. The Morgan fingerprint density at radius 2 is 2.00 bits per heavy atom. The van der Waals surface area contributed by atoms with E-state index in [0.717, 1.165) is 11.3 Å². The minimum atomic E-state index is -3.61. The molecule has 2 N–H and O–H groups in total. The Morgan fingerprint density at radius 1 is 1.24 bits per heavy atom. The molecule has 2 aromatic rings. The lowest BCUT2D eigenvalue weighted by molar-refractivity contribution is 0.0610. The van der Waals surface area contributed by atoms with E-state index in [1.807, 2.05) is 0 Å². The molecule has 1 unspecified atom stereocenters. The second kappa shape index (κ2) is 4.90. The van der Waals surface area contributed by atoms with Gasteiger partial charge in [0.05, 0.1) is 18.1 Å². The van der Waals surface area contributed by atoms with Crippen molar-refractivity contribution in [1.29, 1.82) is 0 Å². The summed E-state index contributed by atoms with van der Waals surface area (Å²) in [5, 5.41) is 4.10. The first-order valence-corrected chi connectivity index (χ1v) is 8.05. The SMILES string of the molecule is CS(=O)(=O)NN1C(=O)c2ccccc2NC1c1ccco1. The van der Waals surface area contributed by atoms with Gasteiger partial charge in [-0.1, -0.05) is 12.1 Å². The van der Waals surface area contributed by atoms with E-state index >= 15 is 0 Å². The fraction of sp³-hybridized carbons (Fsp3) is 0.154. The zero-order valence-electron chi connectivity index (χ0n) is 11.1. The van der Waals surface area contributed by atoms with Gasteiger partial charge in [-0.3, -0.25) is 4.79 Å². The smallest absolute Gasteiger partial charge is 0.273 e. The van der Waals surface area contributed by atoms with Gasteiger partial charge in [-0.25, -0.2) is 13.4 Å². The number of hydrogen-bond acceptors (Lipinski definition) is 5. The molecule has 0 bridgehead atoms. The topological polar surface area (TPSA) is 91.7 Å². The minimum Gasteiger partial charge on any atom is -0.465 e. The Labute approximate surface area is 121 Å². The van der Waals surface area contributed by atoms with E-state index in [9.17, 15) is 13.2 Å². The summed E-state index contributed by atoms with van der Waals surface area (Å²) in [5.74, 6) is -0.0230. The van der Waals surface area contributed by atoms with Crippen molar-refractivity contribution in [3.05, 3.63) is 54.0 Å². The highest BCUT2D eigenvalue weighted by Crippen LogP contribution is 2.32. The maximum Gasteiger partial charge on any atom is 0.273 e. The van der Waals surface area contributed by atoms with Gasteiger partial charge in [0.1, 0.15) is 5.76 Å². The van der Waals surface area contributed by atoms with Gasteiger partial charge in [0.15, 0.2) is 6.17 Å². The van der Waals surface area contributed by atoms with Gasteiger partial charge in [-0.2, -0.15) is 0 Å². The number of para-hydroxylation sites is 1. The van der Waals surface area contributed by atoms with Crippen LogP contribution in [0.4, 0.5) is 5.69 Å². The van der Waals surface area contributed by atoms with E-state index in [1.54, 1.807) is 36.4 Å². The fourth-order valence-electron chi connectivity index (χ4n) is 2.17. The molecule has 0 saturated heterocycles. The van der Waals surface area contributed by atoms with Crippen molar-refractivity contribution >= 4 is 21.6 Å². The quantitative estimate of drug-likeness (QED) is 0.892. The van der Waals surface area contributed by atoms with Crippen LogP contribution in [-0.2, 0) is 10.0 Å². The van der Waals surface area contributed by atoms with Crippen LogP contribution in [-0.4, -0.2) is 25.6 Å². The molecule has 1 aromatic heterocycles. The molecule has 1 amide bonds. The van der Waals surface area contributed by atoms with Crippen LogP contribution in [0.25, 0.3) is 0 Å². The summed E-state index contributed by atoms with van der Waals surface area (Å²) < 4.78 is 28.3. The molecule has 1 aromatic carbocycles. The maximum atomic E-state index is 12.5. The molecule has 0 saturated carbocycles. The third-order valence-electron chi connectivity index (χ3n) is 3.00. The normalized spacial score (nSPS) is 18.2. The number of nitrogens with one attached hydrogen (secondary N) is 2. The summed E-state index contributed by atoms with van der Waals surface area (Å²) in [6.07, 6.45) is 1.69. The highest BCUT2D eigenvalue weighted by molar-refractivity contribution is 7.88. The lowest BCUT2D eigenvalue weighted by Crippen LogP contribution is -2.52. The van der Waals surface area contributed by atoms with Crippen molar-refractivity contribution in [2.45, 2.75) is 6.17 Å². The van der Waals surface area contributed by atoms with Gasteiger partial charge >= 0.3 is 0 Å². The zero-order chi connectivity index (χ0) is 15.0. The minimum absolute atomic E-state index is 0.386. The number of fused-ring (bicyclic) bond motifs is 1. The second-order valence-electron chi connectivity index (χ2n) is 4.65. The molecule has 2 heterocycles. The number of hydrazine groups is 1. The molecule has 8 heteroatoms. The lowest BCUT2D eigenvalue weighted by Gasteiger charge is -2.35. The average Bonchev–Trinajstić information content (AvgIpc) is 2.94. The third-order valence-corrected chi connectivity index (χ3v) is 3.53. The van der Waals surface area contributed by atoms with Crippen LogP contribution in [0.2, 0.25) is 0 Å². The van der Waals surface area contributed by atoms with E-state index in [2.05, 4.69) is 10.1 Å². The summed E-state index contributed by atoms with van der Waals surface area (Å²) >= 11 is 0. The van der Waals surface area contributed by atoms with Crippen LogP contribution in [0.3, 0.4) is 0 Å². The van der Waals surface area contributed by atoms with E-state index in [4.69, 9.17) is 4.42 Å². The monoisotopic (exact) mass is 307 g/mol. The van der Waals surface area contributed by atoms with Crippen molar-refractivity contribution in [2.75, 3.05) is 11.6 Å². The number of carbonyl (C=O) groups is 1. The predicted molar refractivity (Wildman–Crippen MR) is 75.7 cm³/mol. The zero-order valence-corrected chi connectivity index (χ0v) is 11.9. The summed E-state index contributed by atoms with van der Waals surface area (Å²) in [5.41, 5.74) is 1.01. The van der Waals surface area contributed by atoms with Gasteiger partial charge in [-0.05, 0) is 24.3 Å². The van der Waals surface area contributed by atoms with Gasteiger partial charge in [-0.15, -0.1) is 4.83 Å². The largest absolute Gasteiger partial charge is 0.465 e. The lowest BCUT2D eigenvalue weighted by atomic mass is 10.1. The average molecular weight is 307 g/mol. The summed E-state index contributed by atoms with van der Waals surface area (Å²) in [4.78, 5) is 14.7. The van der Waals surface area contributed by atoms with E-state index < -0.39 is 22.1 Å². The standard InChI is InChI=1S/C13H13N3O4S/c1-21(18,19)15-16-12(11-7-4-8-20-11)14-10-6-3-2-5-9(10)13(16)17/h2-8,12,14-15H,1H3. The second-order valence-corrected chi connectivity index (χ2v) is 6.37. The molecular formula is C13H13N3O4S. The first-order chi connectivity index (χ1) is 9.96. The van der Waals surface area contributed by atoms with Crippen LogP contribution in [0.15, 0.2) is 47.1 Å². The van der Waals surface area contributed by atoms with Crippen LogP contribution < -0.4 is 10.1 Å². The fourth-order valence-corrected chi connectivity index (χ4v) is 2.72. The molecule has 3 rings (SSSR count). The number of amides is 1. The Kier molecular flexibility index (Phi) is 3.19. The van der Waals surface area contributed by atoms with Gasteiger partial charge in [0.25, 0.3) is 5.91 Å². The first kappa shape index (κ1) is 13.7. The molecule has 1 aliphatic rings. The van der Waals surface area contributed by atoms with Gasteiger partial charge < -0.3 is 9.73 Å². The van der Waals surface area contributed by atoms with E-state index in [0.29, 0.717) is 17.0 Å². The molecule has 0 radical (unpaired) electrons. The molecule has 110 valence electrons. The summed E-state index contributed by atoms with van der Waals surface area (Å²) in [6, 6.07) is 10.2. The molecular weight excluding hydrogens is 294 g/mol. The summed E-state index contributed by atoms with van der Waals surface area (Å²) in [7, 11) is -3.61. The number of benzene rings is 1. The first-order valence-electron chi connectivity index (χ1n) is 6.16. The highest BCUT2D eigenvalue weighted by Gasteiger charge is 2.36. The molecule has 7 nitrogen and oxygen atoms in total. The Hall–Kier alpha value is -2.32. The summed E-state index contributed by atoms with van der Waals surface area (Å²) in [6.45, 7) is 0. The van der Waals surface area contributed by atoms with Gasteiger partial charge in [0, 0.05) is 5.69 Å². The number of sulfonamides is 1. The van der Waals surface area contributed by atoms with Crippen molar-refractivity contribution in [2.24, 2.45) is 0 Å². The molecule has 1 atom stereocenters. The highest BCUT2D eigenvalue weighted by atomic mass is 32.2. The third kappa shape index (κ3) is 2.63. The van der Waals surface area contributed by atoms with Crippen molar-refractivity contribution in [1.82, 2.24) is 9.84 Å². The maximum absolute atomic E-state index is 12.5. The molecule has 1 aliphatic heterocycles. The number of rotatable bonds is 3. The molecule has 0 spiro atoms. The Bertz CT molecular complexity index is 770. The molecule has 0 fully saturated rings. The van der Waals surface area contributed by atoms with Crippen LogP contribution in [0.5, 0.6) is 0 Å². The number of nitrogens with zero attached hydrogens (tertiary/aromatic N) is 1. The molecule has 0 aliphatic carbocycles.